The van der Waals surface area contributed by atoms with Crippen molar-refractivity contribution in [1.82, 2.24) is 4.98 Å². The molecule has 86 valence electrons. The molecule has 0 amide bonds. The van der Waals surface area contributed by atoms with Crippen molar-refractivity contribution >= 4 is 5.69 Å². The van der Waals surface area contributed by atoms with Crippen molar-refractivity contribution in [2.45, 2.75) is 32.6 Å². The quantitative estimate of drug-likeness (QED) is 0.746. The summed E-state index contributed by atoms with van der Waals surface area (Å²) < 4.78 is 5.44. The number of hydrogen-bond acceptors (Lipinski definition) is 4. The molecule has 4 nitrogen and oxygen atoms in total. The van der Waals surface area contributed by atoms with Gasteiger partial charge in [0.25, 0.3) is 0 Å². The normalized spacial score (nSPS) is 9.75. The van der Waals surface area contributed by atoms with Crippen LogP contribution in [-0.2, 0) is 0 Å². The first-order valence-corrected chi connectivity index (χ1v) is 5.56. The Balaban J connectivity index is 2.45. The van der Waals surface area contributed by atoms with E-state index in [9.17, 15) is 0 Å². The van der Waals surface area contributed by atoms with Crippen LogP contribution < -0.4 is 10.5 Å². The second kappa shape index (κ2) is 6.67. The molecule has 0 saturated carbocycles. The van der Waals surface area contributed by atoms with Gasteiger partial charge in [0.2, 0.25) is 5.88 Å². The van der Waals surface area contributed by atoms with Crippen molar-refractivity contribution in [3.8, 4) is 11.9 Å². The molecule has 0 fully saturated rings. The van der Waals surface area contributed by atoms with E-state index in [0.29, 0.717) is 23.7 Å². The van der Waals surface area contributed by atoms with Crippen LogP contribution in [0.25, 0.3) is 0 Å². The van der Waals surface area contributed by atoms with Crippen LogP contribution in [0, 0.1) is 11.3 Å². The van der Waals surface area contributed by atoms with Crippen LogP contribution in [0.2, 0.25) is 0 Å². The number of anilines is 1. The second-order valence-electron chi connectivity index (χ2n) is 3.64. The van der Waals surface area contributed by atoms with Gasteiger partial charge in [-0.2, -0.15) is 5.26 Å². The molecule has 1 rings (SSSR count). The minimum atomic E-state index is 0.383. The Bertz CT molecular complexity index is 371. The van der Waals surface area contributed by atoms with Gasteiger partial charge in [0.15, 0.2) is 0 Å². The zero-order valence-electron chi connectivity index (χ0n) is 9.57. The summed E-state index contributed by atoms with van der Waals surface area (Å²) in [5.74, 6) is 0.383. The number of unbranched alkanes of at least 4 members (excludes halogenated alkanes) is 3. The van der Waals surface area contributed by atoms with Gasteiger partial charge in [-0.25, -0.2) is 4.98 Å². The van der Waals surface area contributed by atoms with Crippen molar-refractivity contribution in [3.63, 3.8) is 0 Å². The van der Waals surface area contributed by atoms with E-state index in [-0.39, 0.29) is 0 Å². The molecule has 0 atom stereocenters. The topological polar surface area (TPSA) is 71.9 Å². The molecular formula is C12H17N3O. The van der Waals surface area contributed by atoms with Crippen molar-refractivity contribution < 1.29 is 4.74 Å². The number of hydrogen-bond donors (Lipinski definition) is 1. The lowest BCUT2D eigenvalue weighted by Crippen LogP contribution is -2.02. The standard InChI is InChI=1S/C12H17N3O/c1-2-3-4-5-6-16-12-10(8-13)7-11(14)9-15-12/h7,9H,2-6,14H2,1H3. The largest absolute Gasteiger partial charge is 0.477 e. The van der Waals surface area contributed by atoms with Crippen LogP contribution in [0.5, 0.6) is 5.88 Å². The molecule has 16 heavy (non-hydrogen) atoms. The van der Waals surface area contributed by atoms with E-state index < -0.39 is 0 Å². The van der Waals surface area contributed by atoms with Crippen molar-refractivity contribution in [3.05, 3.63) is 17.8 Å². The Morgan fingerprint density at radius 2 is 2.25 bits per heavy atom. The summed E-state index contributed by atoms with van der Waals surface area (Å²) >= 11 is 0. The maximum Gasteiger partial charge on any atom is 0.231 e. The highest BCUT2D eigenvalue weighted by Crippen LogP contribution is 2.16. The summed E-state index contributed by atoms with van der Waals surface area (Å²) in [5.41, 5.74) is 6.41. The van der Waals surface area contributed by atoms with Gasteiger partial charge < -0.3 is 10.5 Å². The molecule has 1 aromatic heterocycles. The Morgan fingerprint density at radius 1 is 1.44 bits per heavy atom. The fraction of sp³-hybridized carbons (Fsp3) is 0.500. The van der Waals surface area contributed by atoms with E-state index in [1.807, 2.05) is 6.07 Å². The van der Waals surface area contributed by atoms with Crippen LogP contribution in [0.15, 0.2) is 12.3 Å². The number of rotatable bonds is 6. The van der Waals surface area contributed by atoms with Crippen LogP contribution in [0.1, 0.15) is 38.2 Å². The molecule has 0 bridgehead atoms. The lowest BCUT2D eigenvalue weighted by Gasteiger charge is -2.06. The van der Waals surface area contributed by atoms with Gasteiger partial charge in [-0.1, -0.05) is 26.2 Å². The molecule has 2 N–H and O–H groups in total. The molecule has 0 aromatic carbocycles. The van der Waals surface area contributed by atoms with Crippen LogP contribution in [0.3, 0.4) is 0 Å². The number of pyridine rings is 1. The minimum absolute atomic E-state index is 0.383. The highest BCUT2D eigenvalue weighted by molar-refractivity contribution is 5.48. The number of aromatic nitrogens is 1. The molecule has 0 saturated heterocycles. The summed E-state index contributed by atoms with van der Waals surface area (Å²) in [6, 6.07) is 3.60. The van der Waals surface area contributed by atoms with Gasteiger partial charge in [0, 0.05) is 0 Å². The predicted octanol–water partition coefficient (Wildman–Crippen LogP) is 2.49. The first-order valence-electron chi connectivity index (χ1n) is 5.56. The fourth-order valence-corrected chi connectivity index (χ4v) is 1.36. The summed E-state index contributed by atoms with van der Waals surface area (Å²) in [6.45, 7) is 2.77. The van der Waals surface area contributed by atoms with Gasteiger partial charge in [-0.3, -0.25) is 0 Å². The number of nitrogens with two attached hydrogens (primary N) is 1. The molecule has 1 aromatic rings. The highest BCUT2D eigenvalue weighted by Gasteiger charge is 2.04. The summed E-state index contributed by atoms with van der Waals surface area (Å²) in [6.07, 6.45) is 6.05. The van der Waals surface area contributed by atoms with Gasteiger partial charge in [-0.15, -0.1) is 0 Å². The first kappa shape index (κ1) is 12.3. The summed E-state index contributed by atoms with van der Waals surface area (Å²) in [7, 11) is 0. The van der Waals surface area contributed by atoms with Gasteiger partial charge in [0.1, 0.15) is 11.6 Å². The highest BCUT2D eigenvalue weighted by atomic mass is 16.5. The zero-order valence-corrected chi connectivity index (χ0v) is 9.57. The van der Waals surface area contributed by atoms with Crippen LogP contribution in [0.4, 0.5) is 5.69 Å². The number of nitriles is 1. The summed E-state index contributed by atoms with van der Waals surface area (Å²) in [4.78, 5) is 4.00. The van der Waals surface area contributed by atoms with Crippen molar-refractivity contribution in [1.29, 1.82) is 5.26 Å². The molecule has 4 heteroatoms. The van der Waals surface area contributed by atoms with E-state index >= 15 is 0 Å². The average Bonchev–Trinajstić information content (AvgIpc) is 2.30. The molecule has 0 spiro atoms. The summed E-state index contributed by atoms with van der Waals surface area (Å²) in [5, 5.41) is 8.86. The Morgan fingerprint density at radius 3 is 2.94 bits per heavy atom. The van der Waals surface area contributed by atoms with E-state index in [2.05, 4.69) is 11.9 Å². The molecule has 0 aliphatic carbocycles. The second-order valence-corrected chi connectivity index (χ2v) is 3.64. The third-order valence-corrected chi connectivity index (χ3v) is 2.23. The number of nitrogen functional groups attached to an aromatic ring is 1. The smallest absolute Gasteiger partial charge is 0.231 e. The van der Waals surface area contributed by atoms with E-state index in [0.717, 1.165) is 12.8 Å². The van der Waals surface area contributed by atoms with Crippen molar-refractivity contribution in [2.75, 3.05) is 12.3 Å². The van der Waals surface area contributed by atoms with Crippen molar-refractivity contribution in [2.24, 2.45) is 0 Å². The number of nitrogens with zero attached hydrogens (tertiary/aromatic N) is 2. The Hall–Kier alpha value is -1.76. The molecular weight excluding hydrogens is 202 g/mol. The lowest BCUT2D eigenvalue weighted by atomic mass is 10.2. The molecule has 0 aliphatic rings. The van der Waals surface area contributed by atoms with Gasteiger partial charge in [-0.05, 0) is 12.5 Å². The van der Waals surface area contributed by atoms with E-state index in [4.69, 9.17) is 15.7 Å². The monoisotopic (exact) mass is 219 g/mol. The van der Waals surface area contributed by atoms with Crippen LogP contribution >= 0.6 is 0 Å². The third-order valence-electron chi connectivity index (χ3n) is 2.23. The fourth-order valence-electron chi connectivity index (χ4n) is 1.36. The zero-order chi connectivity index (χ0) is 11.8. The third kappa shape index (κ3) is 3.77. The number of ether oxygens (including phenoxy) is 1. The maximum absolute atomic E-state index is 8.86. The minimum Gasteiger partial charge on any atom is -0.477 e. The first-order chi connectivity index (χ1) is 7.77. The van der Waals surface area contributed by atoms with E-state index in [1.54, 1.807) is 6.07 Å². The molecule has 1 heterocycles. The van der Waals surface area contributed by atoms with Crippen LogP contribution in [-0.4, -0.2) is 11.6 Å². The molecule has 0 unspecified atom stereocenters. The lowest BCUT2D eigenvalue weighted by molar-refractivity contribution is 0.293. The maximum atomic E-state index is 8.86. The Kier molecular flexibility index (Phi) is 5.13. The predicted molar refractivity (Wildman–Crippen MR) is 63.0 cm³/mol. The Labute approximate surface area is 96.1 Å². The SMILES string of the molecule is CCCCCCOc1ncc(N)cc1C#N. The van der Waals surface area contributed by atoms with Gasteiger partial charge in [0.05, 0.1) is 18.5 Å². The van der Waals surface area contributed by atoms with Gasteiger partial charge >= 0.3 is 0 Å². The molecule has 0 aliphatic heterocycles. The average molecular weight is 219 g/mol. The molecule has 0 radical (unpaired) electrons. The van der Waals surface area contributed by atoms with E-state index in [1.165, 1.54) is 19.0 Å².